The number of hydrogen-bond donors (Lipinski definition) is 2. The molecular formula is C16H24ClNO2. The van der Waals surface area contributed by atoms with Gasteiger partial charge in [-0.2, -0.15) is 0 Å². The molecule has 0 saturated heterocycles. The van der Waals surface area contributed by atoms with Crippen LogP contribution in [0.25, 0.3) is 0 Å². The van der Waals surface area contributed by atoms with E-state index in [0.717, 1.165) is 0 Å². The number of carbonyl (C=O) groups excluding carboxylic acids is 1. The van der Waals surface area contributed by atoms with Crippen molar-refractivity contribution >= 4 is 18.2 Å². The molecule has 0 atom stereocenters. The van der Waals surface area contributed by atoms with Crippen LogP contribution in [0.4, 0.5) is 0 Å². The molecule has 0 heterocycles. The van der Waals surface area contributed by atoms with Crippen molar-refractivity contribution in [2.75, 3.05) is 6.54 Å². The van der Waals surface area contributed by atoms with E-state index >= 15 is 0 Å². The second-order valence-electron chi connectivity index (χ2n) is 5.39. The van der Waals surface area contributed by atoms with Crippen LogP contribution in [0, 0.1) is 0 Å². The van der Waals surface area contributed by atoms with Gasteiger partial charge < -0.3 is 10.4 Å². The summed E-state index contributed by atoms with van der Waals surface area (Å²) in [6, 6.07) is 6.96. The first-order chi connectivity index (χ1) is 9.25. The van der Waals surface area contributed by atoms with Crippen LogP contribution in [0.1, 0.15) is 55.3 Å². The molecule has 2 N–H and O–H groups in total. The standard InChI is InChI=1S/C16H23NO2.ClH/c18-15-10-8-13(9-11-15)16(19)12-17-14-6-4-2-1-3-5-7-14;/h8-11,14,17-18H,1-7,12H2;1H. The van der Waals surface area contributed by atoms with Crippen molar-refractivity contribution in [2.45, 2.75) is 51.0 Å². The summed E-state index contributed by atoms with van der Waals surface area (Å²) in [4.78, 5) is 12.0. The highest BCUT2D eigenvalue weighted by molar-refractivity contribution is 5.97. The van der Waals surface area contributed by atoms with Gasteiger partial charge in [0.25, 0.3) is 0 Å². The second kappa shape index (κ2) is 8.98. The third kappa shape index (κ3) is 5.51. The predicted octanol–water partition coefficient (Wildman–Crippen LogP) is 3.70. The van der Waals surface area contributed by atoms with Crippen molar-refractivity contribution in [1.82, 2.24) is 5.32 Å². The van der Waals surface area contributed by atoms with E-state index in [0.29, 0.717) is 18.2 Å². The molecule has 3 nitrogen and oxygen atoms in total. The van der Waals surface area contributed by atoms with E-state index in [9.17, 15) is 9.90 Å². The highest BCUT2D eigenvalue weighted by Crippen LogP contribution is 2.17. The van der Waals surface area contributed by atoms with Crippen LogP contribution in [0.15, 0.2) is 24.3 Å². The molecule has 1 saturated carbocycles. The van der Waals surface area contributed by atoms with Crippen LogP contribution >= 0.6 is 12.4 Å². The quantitative estimate of drug-likeness (QED) is 0.833. The molecule has 1 fully saturated rings. The summed E-state index contributed by atoms with van der Waals surface area (Å²) in [5.41, 5.74) is 0.663. The van der Waals surface area contributed by atoms with Gasteiger partial charge in [0.05, 0.1) is 6.54 Å². The molecule has 0 unspecified atom stereocenters. The Balaban J connectivity index is 0.00000200. The van der Waals surface area contributed by atoms with Gasteiger partial charge in [-0.15, -0.1) is 12.4 Å². The monoisotopic (exact) mass is 297 g/mol. The molecule has 0 radical (unpaired) electrons. The van der Waals surface area contributed by atoms with Crippen LogP contribution in [0.2, 0.25) is 0 Å². The first-order valence-electron chi connectivity index (χ1n) is 7.31. The fourth-order valence-corrected chi connectivity index (χ4v) is 2.65. The minimum absolute atomic E-state index is 0. The molecule has 1 aliphatic carbocycles. The Morgan fingerprint density at radius 2 is 1.60 bits per heavy atom. The number of halogens is 1. The van der Waals surface area contributed by atoms with Gasteiger partial charge in [0.2, 0.25) is 0 Å². The number of hydrogen-bond acceptors (Lipinski definition) is 3. The number of ketones is 1. The Morgan fingerprint density at radius 3 is 2.20 bits per heavy atom. The SMILES string of the molecule is Cl.O=C(CNC1CCCCCCC1)c1ccc(O)cc1. The number of Topliss-reactive ketones (excluding diaryl/α,β-unsaturated/α-hetero) is 1. The summed E-state index contributed by atoms with van der Waals surface area (Å²) in [7, 11) is 0. The van der Waals surface area contributed by atoms with Gasteiger partial charge in [0.1, 0.15) is 5.75 Å². The maximum Gasteiger partial charge on any atom is 0.176 e. The highest BCUT2D eigenvalue weighted by Gasteiger charge is 2.13. The van der Waals surface area contributed by atoms with Crippen molar-refractivity contribution in [3.05, 3.63) is 29.8 Å². The third-order valence-corrected chi connectivity index (χ3v) is 3.85. The van der Waals surface area contributed by atoms with Gasteiger partial charge in [-0.25, -0.2) is 0 Å². The largest absolute Gasteiger partial charge is 0.508 e. The van der Waals surface area contributed by atoms with E-state index in [1.165, 1.54) is 44.9 Å². The lowest BCUT2D eigenvalue weighted by Gasteiger charge is -2.20. The number of nitrogens with one attached hydrogen (secondary N) is 1. The number of phenols is 1. The second-order valence-corrected chi connectivity index (χ2v) is 5.39. The predicted molar refractivity (Wildman–Crippen MR) is 83.8 cm³/mol. The fraction of sp³-hybridized carbons (Fsp3) is 0.562. The molecule has 4 heteroatoms. The zero-order valence-electron chi connectivity index (χ0n) is 11.8. The van der Waals surface area contributed by atoms with Gasteiger partial charge in [0.15, 0.2) is 5.78 Å². The molecule has 112 valence electrons. The topological polar surface area (TPSA) is 49.3 Å². The number of aromatic hydroxyl groups is 1. The van der Waals surface area contributed by atoms with E-state index < -0.39 is 0 Å². The van der Waals surface area contributed by atoms with Crippen LogP contribution < -0.4 is 5.32 Å². The van der Waals surface area contributed by atoms with Crippen LogP contribution in [-0.2, 0) is 0 Å². The first-order valence-corrected chi connectivity index (χ1v) is 7.31. The van der Waals surface area contributed by atoms with Gasteiger partial charge in [0, 0.05) is 11.6 Å². The van der Waals surface area contributed by atoms with E-state index in [2.05, 4.69) is 5.32 Å². The molecule has 20 heavy (non-hydrogen) atoms. The smallest absolute Gasteiger partial charge is 0.176 e. The lowest BCUT2D eigenvalue weighted by molar-refractivity contribution is 0.0985. The van der Waals surface area contributed by atoms with Gasteiger partial charge in [-0.05, 0) is 37.1 Å². The summed E-state index contributed by atoms with van der Waals surface area (Å²) >= 11 is 0. The van der Waals surface area contributed by atoms with E-state index in [1.54, 1.807) is 24.3 Å². The van der Waals surface area contributed by atoms with Crippen molar-refractivity contribution < 1.29 is 9.90 Å². The number of rotatable bonds is 4. The molecule has 0 aliphatic heterocycles. The summed E-state index contributed by atoms with van der Waals surface area (Å²) in [6.45, 7) is 0.398. The fourth-order valence-electron chi connectivity index (χ4n) is 2.65. The van der Waals surface area contributed by atoms with Crippen molar-refractivity contribution in [3.8, 4) is 5.75 Å². The third-order valence-electron chi connectivity index (χ3n) is 3.85. The zero-order valence-corrected chi connectivity index (χ0v) is 12.6. The number of benzene rings is 1. The van der Waals surface area contributed by atoms with E-state index in [4.69, 9.17) is 0 Å². The lowest BCUT2D eigenvalue weighted by Crippen LogP contribution is -2.34. The molecule has 2 rings (SSSR count). The molecule has 1 aromatic rings. The Kier molecular flexibility index (Phi) is 7.63. The molecule has 0 spiro atoms. The summed E-state index contributed by atoms with van der Waals surface area (Å²) in [6.07, 6.45) is 8.91. The van der Waals surface area contributed by atoms with Crippen LogP contribution in [0.5, 0.6) is 5.75 Å². The van der Waals surface area contributed by atoms with Crippen molar-refractivity contribution in [1.29, 1.82) is 0 Å². The summed E-state index contributed by atoms with van der Waals surface area (Å²) < 4.78 is 0. The lowest BCUT2D eigenvalue weighted by atomic mass is 9.96. The van der Waals surface area contributed by atoms with Gasteiger partial charge in [-0.3, -0.25) is 4.79 Å². The maximum absolute atomic E-state index is 12.0. The molecule has 0 amide bonds. The zero-order chi connectivity index (χ0) is 13.5. The average Bonchev–Trinajstić information content (AvgIpc) is 2.38. The molecule has 0 bridgehead atoms. The van der Waals surface area contributed by atoms with Crippen LogP contribution in [0.3, 0.4) is 0 Å². The summed E-state index contributed by atoms with van der Waals surface area (Å²) in [5.74, 6) is 0.298. The van der Waals surface area contributed by atoms with Gasteiger partial charge >= 0.3 is 0 Å². The Hall–Kier alpha value is -1.06. The van der Waals surface area contributed by atoms with Gasteiger partial charge in [-0.1, -0.05) is 32.1 Å². The first kappa shape index (κ1) is 17.0. The Bertz CT molecular complexity index is 397. The number of carbonyl (C=O) groups is 1. The van der Waals surface area contributed by atoms with Crippen LogP contribution in [-0.4, -0.2) is 23.5 Å². The average molecular weight is 298 g/mol. The van der Waals surface area contributed by atoms with Crippen molar-refractivity contribution in [2.24, 2.45) is 0 Å². The number of phenolic OH excluding ortho intramolecular Hbond substituents is 1. The summed E-state index contributed by atoms with van der Waals surface area (Å²) in [5, 5.41) is 12.6. The van der Waals surface area contributed by atoms with E-state index in [-0.39, 0.29) is 23.9 Å². The minimum Gasteiger partial charge on any atom is -0.508 e. The molecule has 1 aromatic carbocycles. The Labute approximate surface area is 127 Å². The van der Waals surface area contributed by atoms with E-state index in [1.807, 2.05) is 0 Å². The molecular weight excluding hydrogens is 274 g/mol. The molecule has 0 aromatic heterocycles. The highest BCUT2D eigenvalue weighted by atomic mass is 35.5. The minimum atomic E-state index is 0. The Morgan fingerprint density at radius 1 is 1.05 bits per heavy atom. The maximum atomic E-state index is 12.0. The normalized spacial score (nSPS) is 16.8. The van der Waals surface area contributed by atoms with Crippen molar-refractivity contribution in [3.63, 3.8) is 0 Å². The molecule has 1 aliphatic rings.